The molecule has 1 aromatic rings. The molecule has 1 aliphatic heterocycles. The molecule has 1 N–H and O–H groups in total. The quantitative estimate of drug-likeness (QED) is 0.861. The topological polar surface area (TPSA) is 40.5 Å². The van der Waals surface area contributed by atoms with Gasteiger partial charge < -0.3 is 10.0 Å². The Balaban J connectivity index is 1.90. The SMILES string of the molecule is O=C(O)N1CC2CC2(c2ccc(C(F)(F)F)c(Cl)c2)C1. The molecule has 20 heavy (non-hydrogen) atoms. The Bertz CT molecular complexity index is 589. The Kier molecular flexibility index (Phi) is 2.73. The molecule has 2 unspecified atom stereocenters. The smallest absolute Gasteiger partial charge is 0.417 e. The van der Waals surface area contributed by atoms with E-state index in [1.807, 2.05) is 0 Å². The molecule has 0 bridgehead atoms. The van der Waals surface area contributed by atoms with Crippen LogP contribution >= 0.6 is 11.6 Å². The van der Waals surface area contributed by atoms with Crippen molar-refractivity contribution in [3.05, 3.63) is 34.3 Å². The minimum Gasteiger partial charge on any atom is -0.465 e. The van der Waals surface area contributed by atoms with Crippen molar-refractivity contribution in [2.45, 2.75) is 18.0 Å². The summed E-state index contributed by atoms with van der Waals surface area (Å²) in [6, 6.07) is 3.72. The number of benzene rings is 1. The van der Waals surface area contributed by atoms with Crippen molar-refractivity contribution in [3.63, 3.8) is 0 Å². The highest BCUT2D eigenvalue weighted by molar-refractivity contribution is 6.31. The number of carbonyl (C=O) groups is 1. The van der Waals surface area contributed by atoms with E-state index in [4.69, 9.17) is 16.7 Å². The Labute approximate surface area is 117 Å². The normalized spacial score (nSPS) is 28.4. The summed E-state index contributed by atoms with van der Waals surface area (Å²) in [5.74, 6) is 0.186. The van der Waals surface area contributed by atoms with Crippen LogP contribution in [0.2, 0.25) is 5.02 Å². The molecule has 0 radical (unpaired) electrons. The number of hydrogen-bond acceptors (Lipinski definition) is 1. The number of alkyl halides is 3. The molecule has 2 fully saturated rings. The molecule has 3 rings (SSSR count). The van der Waals surface area contributed by atoms with Crippen molar-refractivity contribution in [2.75, 3.05) is 13.1 Å². The fourth-order valence-corrected chi connectivity index (χ4v) is 3.42. The van der Waals surface area contributed by atoms with Crippen LogP contribution in [0.3, 0.4) is 0 Å². The number of halogens is 4. The van der Waals surface area contributed by atoms with Crippen LogP contribution in [0, 0.1) is 5.92 Å². The van der Waals surface area contributed by atoms with E-state index in [9.17, 15) is 18.0 Å². The van der Waals surface area contributed by atoms with Gasteiger partial charge in [-0.2, -0.15) is 13.2 Å². The summed E-state index contributed by atoms with van der Waals surface area (Å²) in [6.07, 6.45) is -4.66. The number of nitrogens with zero attached hydrogens (tertiary/aromatic N) is 1. The van der Waals surface area contributed by atoms with Gasteiger partial charge in [0.05, 0.1) is 10.6 Å². The minimum absolute atomic E-state index is 0.186. The monoisotopic (exact) mass is 305 g/mol. The summed E-state index contributed by atoms with van der Waals surface area (Å²) in [7, 11) is 0. The Morgan fingerprint density at radius 2 is 2.15 bits per heavy atom. The van der Waals surface area contributed by atoms with E-state index in [2.05, 4.69) is 0 Å². The lowest BCUT2D eigenvalue weighted by atomic mass is 9.94. The van der Waals surface area contributed by atoms with Crippen molar-refractivity contribution < 1.29 is 23.1 Å². The molecule has 1 amide bonds. The van der Waals surface area contributed by atoms with E-state index in [-0.39, 0.29) is 16.4 Å². The van der Waals surface area contributed by atoms with Crippen LogP contribution in [0.1, 0.15) is 17.5 Å². The van der Waals surface area contributed by atoms with Gasteiger partial charge in [0.1, 0.15) is 0 Å². The molecule has 108 valence electrons. The number of rotatable bonds is 1. The predicted molar refractivity (Wildman–Crippen MR) is 65.8 cm³/mol. The summed E-state index contributed by atoms with van der Waals surface area (Å²) in [4.78, 5) is 12.3. The average molecular weight is 306 g/mol. The zero-order valence-corrected chi connectivity index (χ0v) is 11.0. The molecule has 3 nitrogen and oxygen atoms in total. The molecular formula is C13H11ClF3NO2. The molecule has 0 spiro atoms. The molecule has 1 aromatic carbocycles. The van der Waals surface area contributed by atoms with Gasteiger partial charge in [0, 0.05) is 18.5 Å². The van der Waals surface area contributed by atoms with Gasteiger partial charge in [-0.3, -0.25) is 0 Å². The molecule has 1 aliphatic carbocycles. The third-order valence-corrected chi connectivity index (χ3v) is 4.58. The first-order valence-corrected chi connectivity index (χ1v) is 6.47. The van der Waals surface area contributed by atoms with Gasteiger partial charge in [-0.25, -0.2) is 4.79 Å². The highest BCUT2D eigenvalue weighted by Crippen LogP contribution is 2.59. The average Bonchev–Trinajstić information content (AvgIpc) is 2.90. The second-order valence-electron chi connectivity index (χ2n) is 5.41. The maximum atomic E-state index is 12.7. The van der Waals surface area contributed by atoms with Gasteiger partial charge in [-0.1, -0.05) is 17.7 Å². The maximum absolute atomic E-state index is 12.7. The molecular weight excluding hydrogens is 295 g/mol. The van der Waals surface area contributed by atoms with Crippen LogP contribution in [-0.4, -0.2) is 29.2 Å². The first-order valence-electron chi connectivity index (χ1n) is 6.09. The lowest BCUT2D eigenvalue weighted by Crippen LogP contribution is -2.31. The van der Waals surface area contributed by atoms with Crippen LogP contribution < -0.4 is 0 Å². The largest absolute Gasteiger partial charge is 0.465 e. The number of amides is 1. The summed E-state index contributed by atoms with van der Waals surface area (Å²) in [5, 5.41) is 8.64. The van der Waals surface area contributed by atoms with Crippen LogP contribution in [0.4, 0.5) is 18.0 Å². The molecule has 1 saturated heterocycles. The van der Waals surface area contributed by atoms with Gasteiger partial charge in [0.25, 0.3) is 0 Å². The second-order valence-corrected chi connectivity index (χ2v) is 5.82. The fourth-order valence-electron chi connectivity index (χ4n) is 3.13. The van der Waals surface area contributed by atoms with E-state index in [0.717, 1.165) is 12.5 Å². The van der Waals surface area contributed by atoms with Gasteiger partial charge in [-0.05, 0) is 30.0 Å². The lowest BCUT2D eigenvalue weighted by Gasteiger charge is -2.19. The Hall–Kier alpha value is -1.43. The molecule has 2 aliphatic rings. The van der Waals surface area contributed by atoms with Crippen LogP contribution in [0.25, 0.3) is 0 Å². The Morgan fingerprint density at radius 3 is 2.65 bits per heavy atom. The minimum atomic E-state index is -4.47. The van der Waals surface area contributed by atoms with Crippen LogP contribution in [0.15, 0.2) is 18.2 Å². The number of fused-ring (bicyclic) bond motifs is 1. The van der Waals surface area contributed by atoms with Crippen molar-refractivity contribution >= 4 is 17.7 Å². The highest BCUT2D eigenvalue weighted by atomic mass is 35.5. The van der Waals surface area contributed by atoms with Gasteiger partial charge in [0.2, 0.25) is 0 Å². The van der Waals surface area contributed by atoms with Crippen LogP contribution in [0.5, 0.6) is 0 Å². The zero-order chi connectivity index (χ0) is 14.7. The van der Waals surface area contributed by atoms with Gasteiger partial charge >= 0.3 is 12.3 Å². The van der Waals surface area contributed by atoms with E-state index < -0.39 is 17.8 Å². The van der Waals surface area contributed by atoms with Crippen molar-refractivity contribution in [3.8, 4) is 0 Å². The summed E-state index contributed by atoms with van der Waals surface area (Å²) in [5.41, 5.74) is -0.500. The van der Waals surface area contributed by atoms with Crippen molar-refractivity contribution in [1.82, 2.24) is 4.90 Å². The van der Waals surface area contributed by atoms with E-state index >= 15 is 0 Å². The summed E-state index contributed by atoms with van der Waals surface area (Å²) in [6.45, 7) is 0.767. The molecule has 0 aromatic heterocycles. The fraction of sp³-hybridized carbons (Fsp3) is 0.462. The van der Waals surface area contributed by atoms with Gasteiger partial charge in [0.15, 0.2) is 0 Å². The third-order valence-electron chi connectivity index (χ3n) is 4.27. The molecule has 7 heteroatoms. The number of hydrogen-bond donors (Lipinski definition) is 1. The van der Waals surface area contributed by atoms with E-state index in [1.54, 1.807) is 0 Å². The van der Waals surface area contributed by atoms with Crippen LogP contribution in [-0.2, 0) is 11.6 Å². The van der Waals surface area contributed by atoms with Crippen molar-refractivity contribution in [2.24, 2.45) is 5.92 Å². The van der Waals surface area contributed by atoms with Gasteiger partial charge in [-0.15, -0.1) is 0 Å². The van der Waals surface area contributed by atoms with E-state index in [0.29, 0.717) is 18.7 Å². The third kappa shape index (κ3) is 1.93. The first-order chi connectivity index (χ1) is 9.24. The second kappa shape index (κ2) is 4.04. The maximum Gasteiger partial charge on any atom is 0.417 e. The Morgan fingerprint density at radius 1 is 1.45 bits per heavy atom. The number of carboxylic acid groups (broad SMARTS) is 1. The highest BCUT2D eigenvalue weighted by Gasteiger charge is 2.61. The predicted octanol–water partition coefficient (Wildman–Crippen LogP) is 3.61. The first kappa shape index (κ1) is 13.5. The van der Waals surface area contributed by atoms with E-state index in [1.165, 1.54) is 17.0 Å². The molecule has 2 atom stereocenters. The zero-order valence-electron chi connectivity index (χ0n) is 10.2. The summed E-state index contributed by atoms with van der Waals surface area (Å²) >= 11 is 5.72. The molecule has 1 heterocycles. The lowest BCUT2D eigenvalue weighted by molar-refractivity contribution is -0.137. The summed E-state index contributed by atoms with van der Waals surface area (Å²) < 4.78 is 38.0. The molecule has 1 saturated carbocycles. The standard InChI is InChI=1S/C13H11ClF3NO2/c14-10-3-7(1-2-9(10)13(15,16)17)12-4-8(12)5-18(6-12)11(19)20/h1-3,8H,4-6H2,(H,19,20). The number of likely N-dealkylation sites (tertiary alicyclic amines) is 1. The van der Waals surface area contributed by atoms with Crippen molar-refractivity contribution in [1.29, 1.82) is 0 Å². The number of piperidine rings is 1.